The number of hydrogen-bond acceptors (Lipinski definition) is 4. The number of carbonyl (C=O) groups is 1. The molecule has 0 radical (unpaired) electrons. The van der Waals surface area contributed by atoms with Crippen LogP contribution in [0.15, 0.2) is 18.2 Å². The summed E-state index contributed by atoms with van der Waals surface area (Å²) in [6.07, 6.45) is 0. The Morgan fingerprint density at radius 2 is 2.06 bits per heavy atom. The Morgan fingerprint density at radius 1 is 1.35 bits per heavy atom. The van der Waals surface area contributed by atoms with E-state index in [9.17, 15) is 4.79 Å². The van der Waals surface area contributed by atoms with Gasteiger partial charge in [-0.2, -0.15) is 0 Å². The van der Waals surface area contributed by atoms with Gasteiger partial charge in [-0.15, -0.1) is 0 Å². The number of benzene rings is 1. The van der Waals surface area contributed by atoms with Gasteiger partial charge in [-0.25, -0.2) is 0 Å². The van der Waals surface area contributed by atoms with Crippen molar-refractivity contribution in [3.63, 3.8) is 0 Å². The minimum absolute atomic E-state index is 0.133. The van der Waals surface area contributed by atoms with Crippen LogP contribution in [0.25, 0.3) is 0 Å². The molecule has 5 heteroatoms. The van der Waals surface area contributed by atoms with Gasteiger partial charge in [0.25, 0.3) is 5.91 Å². The molecule has 1 aromatic carbocycles. The van der Waals surface area contributed by atoms with Gasteiger partial charge < -0.3 is 20.1 Å². The Morgan fingerprint density at radius 3 is 2.59 bits per heavy atom. The van der Waals surface area contributed by atoms with Crippen LogP contribution < -0.4 is 15.2 Å². The van der Waals surface area contributed by atoms with Crippen molar-refractivity contribution in [2.75, 3.05) is 34.4 Å². The fourth-order valence-corrected chi connectivity index (χ4v) is 1.56. The van der Waals surface area contributed by atoms with Crippen molar-refractivity contribution in [1.29, 1.82) is 0 Å². The lowest BCUT2D eigenvalue weighted by Crippen LogP contribution is -2.31. The number of ether oxygens (including phenoxy) is 2. The third-order valence-electron chi connectivity index (χ3n) is 2.44. The Balaban J connectivity index is 3.08. The molecule has 0 aromatic heterocycles. The first kappa shape index (κ1) is 13.3. The van der Waals surface area contributed by atoms with Gasteiger partial charge in [0.05, 0.1) is 19.8 Å². The van der Waals surface area contributed by atoms with Crippen LogP contribution in [0.1, 0.15) is 10.4 Å². The second kappa shape index (κ2) is 6.10. The van der Waals surface area contributed by atoms with E-state index in [2.05, 4.69) is 0 Å². The normalized spacial score (nSPS) is 9.88. The molecule has 1 amide bonds. The predicted octanol–water partition coefficient (Wildman–Crippen LogP) is 0.735. The highest BCUT2D eigenvalue weighted by molar-refractivity contribution is 5.97. The van der Waals surface area contributed by atoms with Gasteiger partial charge in [0.2, 0.25) is 0 Å². The summed E-state index contributed by atoms with van der Waals surface area (Å²) in [5.74, 6) is 0.856. The van der Waals surface area contributed by atoms with E-state index < -0.39 is 0 Å². The van der Waals surface area contributed by atoms with Gasteiger partial charge in [0, 0.05) is 20.1 Å². The molecule has 0 unspecified atom stereocenters. The summed E-state index contributed by atoms with van der Waals surface area (Å²) in [5, 5.41) is 0. The smallest absolute Gasteiger partial charge is 0.257 e. The van der Waals surface area contributed by atoms with E-state index in [-0.39, 0.29) is 5.91 Å². The Kier molecular flexibility index (Phi) is 4.78. The molecule has 5 nitrogen and oxygen atoms in total. The van der Waals surface area contributed by atoms with E-state index in [1.165, 1.54) is 14.2 Å². The minimum atomic E-state index is -0.133. The molecule has 94 valence electrons. The maximum Gasteiger partial charge on any atom is 0.257 e. The van der Waals surface area contributed by atoms with Crippen molar-refractivity contribution in [3.8, 4) is 11.5 Å². The Labute approximate surface area is 101 Å². The number of para-hydroxylation sites is 1. The molecule has 1 aromatic rings. The van der Waals surface area contributed by atoms with Crippen molar-refractivity contribution in [1.82, 2.24) is 4.90 Å². The second-order valence-corrected chi connectivity index (χ2v) is 3.56. The lowest BCUT2D eigenvalue weighted by Gasteiger charge is -2.18. The molecule has 1 rings (SSSR count). The van der Waals surface area contributed by atoms with E-state index in [0.29, 0.717) is 30.2 Å². The van der Waals surface area contributed by atoms with Crippen LogP contribution in [0.3, 0.4) is 0 Å². The van der Waals surface area contributed by atoms with E-state index in [0.717, 1.165) is 0 Å². The molecule has 17 heavy (non-hydrogen) atoms. The van der Waals surface area contributed by atoms with Gasteiger partial charge in [-0.3, -0.25) is 4.79 Å². The summed E-state index contributed by atoms with van der Waals surface area (Å²) in [7, 11) is 4.75. The van der Waals surface area contributed by atoms with Gasteiger partial charge in [-0.1, -0.05) is 6.07 Å². The SMILES string of the molecule is COc1cccc(C(=O)N(C)CCN)c1OC. The highest BCUT2D eigenvalue weighted by Crippen LogP contribution is 2.31. The Hall–Kier alpha value is -1.75. The number of nitrogens with zero attached hydrogens (tertiary/aromatic N) is 1. The highest BCUT2D eigenvalue weighted by Gasteiger charge is 2.18. The fourth-order valence-electron chi connectivity index (χ4n) is 1.56. The third-order valence-corrected chi connectivity index (χ3v) is 2.44. The molecule has 0 fully saturated rings. The number of carbonyl (C=O) groups excluding carboxylic acids is 1. The average molecular weight is 238 g/mol. The van der Waals surface area contributed by atoms with Crippen molar-refractivity contribution in [2.24, 2.45) is 5.73 Å². The standard InChI is InChI=1S/C12H18N2O3/c1-14(8-7-13)12(15)9-5-4-6-10(16-2)11(9)17-3/h4-6H,7-8,13H2,1-3H3. The predicted molar refractivity (Wildman–Crippen MR) is 65.6 cm³/mol. The molecule has 0 saturated heterocycles. The number of hydrogen-bond donors (Lipinski definition) is 1. The maximum absolute atomic E-state index is 12.1. The molecule has 0 saturated carbocycles. The van der Waals surface area contributed by atoms with Crippen molar-refractivity contribution in [2.45, 2.75) is 0 Å². The molecule has 0 aliphatic heterocycles. The summed E-state index contributed by atoms with van der Waals surface area (Å²) in [6.45, 7) is 0.924. The van der Waals surface area contributed by atoms with E-state index in [1.54, 1.807) is 30.1 Å². The molecular formula is C12H18N2O3. The lowest BCUT2D eigenvalue weighted by atomic mass is 10.1. The van der Waals surface area contributed by atoms with Gasteiger partial charge >= 0.3 is 0 Å². The average Bonchev–Trinajstić information content (AvgIpc) is 2.36. The number of rotatable bonds is 5. The number of methoxy groups -OCH3 is 2. The first-order chi connectivity index (χ1) is 8.15. The summed E-state index contributed by atoms with van der Waals surface area (Å²) >= 11 is 0. The van der Waals surface area contributed by atoms with Crippen molar-refractivity contribution >= 4 is 5.91 Å². The van der Waals surface area contributed by atoms with Crippen LogP contribution in [0.5, 0.6) is 11.5 Å². The minimum Gasteiger partial charge on any atom is -0.493 e. The molecule has 0 heterocycles. The molecule has 2 N–H and O–H groups in total. The summed E-state index contributed by atoms with van der Waals surface area (Å²) in [4.78, 5) is 13.7. The summed E-state index contributed by atoms with van der Waals surface area (Å²) in [5.41, 5.74) is 5.90. The zero-order valence-corrected chi connectivity index (χ0v) is 10.4. The molecular weight excluding hydrogens is 220 g/mol. The molecule has 0 aliphatic carbocycles. The Bertz CT molecular complexity index is 393. The van der Waals surface area contributed by atoms with Gasteiger partial charge in [-0.05, 0) is 12.1 Å². The molecule has 0 aliphatic rings. The first-order valence-electron chi connectivity index (χ1n) is 5.32. The zero-order valence-electron chi connectivity index (χ0n) is 10.4. The van der Waals surface area contributed by atoms with Crippen LogP contribution in [-0.2, 0) is 0 Å². The number of amides is 1. The number of nitrogens with two attached hydrogens (primary N) is 1. The fraction of sp³-hybridized carbons (Fsp3) is 0.417. The molecule has 0 atom stereocenters. The third kappa shape index (κ3) is 2.88. The highest BCUT2D eigenvalue weighted by atomic mass is 16.5. The maximum atomic E-state index is 12.1. The monoisotopic (exact) mass is 238 g/mol. The van der Waals surface area contributed by atoms with E-state index >= 15 is 0 Å². The summed E-state index contributed by atoms with van der Waals surface area (Å²) < 4.78 is 10.4. The largest absolute Gasteiger partial charge is 0.493 e. The number of likely N-dealkylation sites (N-methyl/N-ethyl adjacent to an activating group) is 1. The van der Waals surface area contributed by atoms with E-state index in [4.69, 9.17) is 15.2 Å². The second-order valence-electron chi connectivity index (χ2n) is 3.56. The van der Waals surface area contributed by atoms with Gasteiger partial charge in [0.15, 0.2) is 11.5 Å². The van der Waals surface area contributed by atoms with Crippen molar-refractivity contribution in [3.05, 3.63) is 23.8 Å². The van der Waals surface area contributed by atoms with Gasteiger partial charge in [0.1, 0.15) is 0 Å². The first-order valence-corrected chi connectivity index (χ1v) is 5.32. The van der Waals surface area contributed by atoms with Crippen LogP contribution >= 0.6 is 0 Å². The molecule has 0 bridgehead atoms. The lowest BCUT2D eigenvalue weighted by molar-refractivity contribution is 0.0795. The summed E-state index contributed by atoms with van der Waals surface area (Å²) in [6, 6.07) is 5.21. The molecule has 0 spiro atoms. The zero-order chi connectivity index (χ0) is 12.8. The van der Waals surface area contributed by atoms with Crippen LogP contribution in [0.4, 0.5) is 0 Å². The topological polar surface area (TPSA) is 64.8 Å². The quantitative estimate of drug-likeness (QED) is 0.821. The van der Waals surface area contributed by atoms with Crippen molar-refractivity contribution < 1.29 is 14.3 Å². The van der Waals surface area contributed by atoms with Crippen LogP contribution in [-0.4, -0.2) is 45.2 Å². The van der Waals surface area contributed by atoms with Crippen LogP contribution in [0.2, 0.25) is 0 Å². The van der Waals surface area contributed by atoms with E-state index in [1.807, 2.05) is 0 Å². The van der Waals surface area contributed by atoms with Crippen LogP contribution in [0, 0.1) is 0 Å².